The lowest BCUT2D eigenvalue weighted by atomic mass is 10.1. The van der Waals surface area contributed by atoms with Crippen molar-refractivity contribution in [3.8, 4) is 5.75 Å². The minimum Gasteiger partial charge on any atom is -0.494 e. The van der Waals surface area contributed by atoms with E-state index in [1.807, 2.05) is 6.07 Å². The lowest BCUT2D eigenvalue weighted by Gasteiger charge is -2.37. The summed E-state index contributed by atoms with van der Waals surface area (Å²) in [5.74, 6) is 0.997. The topological polar surface area (TPSA) is 24.5 Å². The maximum Gasteiger partial charge on any atom is 0.119 e. The van der Waals surface area contributed by atoms with Crippen molar-refractivity contribution in [1.29, 1.82) is 0 Å². The van der Waals surface area contributed by atoms with Crippen LogP contribution in [-0.4, -0.2) is 37.2 Å². The SMILES string of the molecule is CCCOc1cccc(CN(CC)C2CNC2)c1. The molecule has 1 aliphatic heterocycles. The molecule has 0 saturated carbocycles. The van der Waals surface area contributed by atoms with Crippen LogP contribution < -0.4 is 10.1 Å². The van der Waals surface area contributed by atoms with Crippen molar-refractivity contribution >= 4 is 0 Å². The fraction of sp³-hybridized carbons (Fsp3) is 0.600. The van der Waals surface area contributed by atoms with Crippen LogP contribution in [0.1, 0.15) is 25.8 Å². The van der Waals surface area contributed by atoms with E-state index in [4.69, 9.17) is 4.74 Å². The maximum atomic E-state index is 5.68. The first-order valence-corrected chi connectivity index (χ1v) is 7.00. The molecule has 1 N–H and O–H groups in total. The van der Waals surface area contributed by atoms with Gasteiger partial charge in [-0.1, -0.05) is 26.0 Å². The maximum absolute atomic E-state index is 5.68. The average Bonchev–Trinajstić information content (AvgIpc) is 2.34. The second-order valence-electron chi connectivity index (χ2n) is 4.87. The monoisotopic (exact) mass is 248 g/mol. The fourth-order valence-corrected chi connectivity index (χ4v) is 2.22. The van der Waals surface area contributed by atoms with Crippen molar-refractivity contribution in [2.24, 2.45) is 0 Å². The van der Waals surface area contributed by atoms with Crippen LogP contribution in [0.15, 0.2) is 24.3 Å². The zero-order valence-electron chi connectivity index (χ0n) is 11.5. The summed E-state index contributed by atoms with van der Waals surface area (Å²) in [4.78, 5) is 2.52. The van der Waals surface area contributed by atoms with Crippen LogP contribution in [0.5, 0.6) is 5.75 Å². The molecule has 0 radical (unpaired) electrons. The van der Waals surface area contributed by atoms with Gasteiger partial charge in [0, 0.05) is 25.7 Å². The molecular weight excluding hydrogens is 224 g/mol. The quantitative estimate of drug-likeness (QED) is 0.801. The first-order chi connectivity index (χ1) is 8.83. The van der Waals surface area contributed by atoms with Crippen molar-refractivity contribution < 1.29 is 4.74 Å². The second-order valence-corrected chi connectivity index (χ2v) is 4.87. The van der Waals surface area contributed by atoms with Crippen molar-refractivity contribution in [1.82, 2.24) is 10.2 Å². The van der Waals surface area contributed by atoms with Crippen LogP contribution in [0.2, 0.25) is 0 Å². The summed E-state index contributed by atoms with van der Waals surface area (Å²) in [6, 6.07) is 9.20. The summed E-state index contributed by atoms with van der Waals surface area (Å²) in [7, 11) is 0. The van der Waals surface area contributed by atoms with E-state index < -0.39 is 0 Å². The zero-order valence-corrected chi connectivity index (χ0v) is 11.5. The number of nitrogens with one attached hydrogen (secondary N) is 1. The van der Waals surface area contributed by atoms with Gasteiger partial charge in [-0.3, -0.25) is 4.90 Å². The predicted molar refractivity (Wildman–Crippen MR) is 75.0 cm³/mol. The molecule has 1 saturated heterocycles. The molecule has 0 unspecified atom stereocenters. The molecule has 0 aromatic heterocycles. The molecule has 0 spiro atoms. The Morgan fingerprint density at radius 2 is 2.17 bits per heavy atom. The summed E-state index contributed by atoms with van der Waals surface area (Å²) in [5.41, 5.74) is 1.34. The normalized spacial score (nSPS) is 15.7. The van der Waals surface area contributed by atoms with E-state index in [1.165, 1.54) is 5.56 Å². The van der Waals surface area contributed by atoms with E-state index in [9.17, 15) is 0 Å². The number of rotatable bonds is 7. The van der Waals surface area contributed by atoms with E-state index in [0.717, 1.165) is 45.0 Å². The van der Waals surface area contributed by atoms with Crippen LogP contribution >= 0.6 is 0 Å². The highest BCUT2D eigenvalue weighted by molar-refractivity contribution is 5.28. The van der Waals surface area contributed by atoms with Gasteiger partial charge in [0.05, 0.1) is 6.61 Å². The van der Waals surface area contributed by atoms with Crippen molar-refractivity contribution in [3.63, 3.8) is 0 Å². The third-order valence-corrected chi connectivity index (χ3v) is 3.44. The molecule has 1 heterocycles. The molecule has 0 aliphatic carbocycles. The van der Waals surface area contributed by atoms with E-state index in [1.54, 1.807) is 0 Å². The van der Waals surface area contributed by atoms with Crippen molar-refractivity contribution in [2.75, 3.05) is 26.2 Å². The molecule has 3 nitrogen and oxygen atoms in total. The first kappa shape index (κ1) is 13.4. The number of nitrogens with zero attached hydrogens (tertiary/aromatic N) is 1. The van der Waals surface area contributed by atoms with Gasteiger partial charge in [0.25, 0.3) is 0 Å². The highest BCUT2D eigenvalue weighted by Gasteiger charge is 2.23. The highest BCUT2D eigenvalue weighted by atomic mass is 16.5. The van der Waals surface area contributed by atoms with Crippen LogP contribution in [0.25, 0.3) is 0 Å². The minimum absolute atomic E-state index is 0.704. The Bertz CT molecular complexity index is 363. The molecule has 1 fully saturated rings. The summed E-state index contributed by atoms with van der Waals surface area (Å²) in [5, 5.41) is 3.33. The molecule has 1 aromatic carbocycles. The third-order valence-electron chi connectivity index (χ3n) is 3.44. The van der Waals surface area contributed by atoms with Gasteiger partial charge in [0.1, 0.15) is 5.75 Å². The van der Waals surface area contributed by atoms with Gasteiger partial charge in [-0.15, -0.1) is 0 Å². The summed E-state index contributed by atoms with van der Waals surface area (Å²) < 4.78 is 5.68. The van der Waals surface area contributed by atoms with Crippen LogP contribution in [0, 0.1) is 0 Å². The van der Waals surface area contributed by atoms with Gasteiger partial charge in [0.2, 0.25) is 0 Å². The standard InChI is InChI=1S/C15H24N2O/c1-3-8-18-15-7-5-6-13(9-15)12-17(4-2)14-10-16-11-14/h5-7,9,14,16H,3-4,8,10-12H2,1-2H3. The molecule has 18 heavy (non-hydrogen) atoms. The summed E-state index contributed by atoms with van der Waals surface area (Å²) >= 11 is 0. The zero-order chi connectivity index (χ0) is 12.8. The van der Waals surface area contributed by atoms with Gasteiger partial charge < -0.3 is 10.1 Å². The number of likely N-dealkylation sites (N-methyl/N-ethyl adjacent to an activating group) is 1. The molecule has 0 amide bonds. The molecule has 1 aromatic rings. The van der Waals surface area contributed by atoms with Gasteiger partial charge in [-0.25, -0.2) is 0 Å². The number of benzene rings is 1. The van der Waals surface area contributed by atoms with Gasteiger partial charge in [0.15, 0.2) is 0 Å². The van der Waals surface area contributed by atoms with Crippen molar-refractivity contribution in [2.45, 2.75) is 32.9 Å². The minimum atomic E-state index is 0.704. The molecule has 100 valence electrons. The molecular formula is C15H24N2O. The van der Waals surface area contributed by atoms with E-state index in [2.05, 4.69) is 42.3 Å². The third kappa shape index (κ3) is 3.47. The largest absolute Gasteiger partial charge is 0.494 e. The summed E-state index contributed by atoms with van der Waals surface area (Å²) in [6.45, 7) is 9.54. The van der Waals surface area contributed by atoms with Gasteiger partial charge >= 0.3 is 0 Å². The Morgan fingerprint density at radius 3 is 2.78 bits per heavy atom. The lowest BCUT2D eigenvalue weighted by Crippen LogP contribution is -2.56. The molecule has 2 rings (SSSR count). The number of ether oxygens (including phenoxy) is 1. The molecule has 0 bridgehead atoms. The lowest BCUT2D eigenvalue weighted by molar-refractivity contribution is 0.145. The van der Waals surface area contributed by atoms with Gasteiger partial charge in [-0.05, 0) is 30.7 Å². The smallest absolute Gasteiger partial charge is 0.119 e. The predicted octanol–water partition coefficient (Wildman–Crippen LogP) is 2.27. The second kappa shape index (κ2) is 6.76. The van der Waals surface area contributed by atoms with E-state index in [-0.39, 0.29) is 0 Å². The number of hydrogen-bond donors (Lipinski definition) is 1. The average molecular weight is 248 g/mol. The summed E-state index contributed by atoms with van der Waals surface area (Å²) in [6.07, 6.45) is 1.05. The Balaban J connectivity index is 1.94. The Labute approximate surface area is 110 Å². The van der Waals surface area contributed by atoms with Crippen molar-refractivity contribution in [3.05, 3.63) is 29.8 Å². The Hall–Kier alpha value is -1.06. The first-order valence-electron chi connectivity index (χ1n) is 7.00. The fourth-order valence-electron chi connectivity index (χ4n) is 2.22. The molecule has 1 aliphatic rings. The molecule has 3 heteroatoms. The number of hydrogen-bond acceptors (Lipinski definition) is 3. The highest BCUT2D eigenvalue weighted by Crippen LogP contribution is 2.17. The Morgan fingerprint density at radius 1 is 1.33 bits per heavy atom. The van der Waals surface area contributed by atoms with Crippen LogP contribution in [0.4, 0.5) is 0 Å². The molecule has 0 atom stereocenters. The van der Waals surface area contributed by atoms with E-state index in [0.29, 0.717) is 6.04 Å². The van der Waals surface area contributed by atoms with Crippen LogP contribution in [0.3, 0.4) is 0 Å². The Kier molecular flexibility index (Phi) is 5.02. The van der Waals surface area contributed by atoms with Gasteiger partial charge in [-0.2, -0.15) is 0 Å². The van der Waals surface area contributed by atoms with E-state index >= 15 is 0 Å². The van der Waals surface area contributed by atoms with Crippen LogP contribution in [-0.2, 0) is 6.54 Å².